The summed E-state index contributed by atoms with van der Waals surface area (Å²) >= 11 is 0. The Bertz CT molecular complexity index is 1460. The minimum Gasteiger partial charge on any atom is -0.414 e. The molecule has 0 amide bonds. The summed E-state index contributed by atoms with van der Waals surface area (Å²) in [5.41, 5.74) is 1.75. The fourth-order valence-corrected chi connectivity index (χ4v) is 11.3. The van der Waals surface area contributed by atoms with E-state index in [2.05, 4.69) is 125 Å². The van der Waals surface area contributed by atoms with Crippen molar-refractivity contribution in [2.75, 3.05) is 13.2 Å². The van der Waals surface area contributed by atoms with Gasteiger partial charge in [0, 0.05) is 18.6 Å². The zero-order valence-corrected chi connectivity index (χ0v) is 38.7. The summed E-state index contributed by atoms with van der Waals surface area (Å²) in [7, 11) is -4.35. The van der Waals surface area contributed by atoms with Gasteiger partial charge in [0.2, 0.25) is 0 Å². The van der Waals surface area contributed by atoms with E-state index in [1.807, 2.05) is 24.3 Å². The summed E-state index contributed by atoms with van der Waals surface area (Å²) in [6.45, 7) is 32.3. The summed E-state index contributed by atoms with van der Waals surface area (Å²) in [6.07, 6.45) is 4.76. The quantitative estimate of drug-likeness (QED) is 0.131. The minimum absolute atomic E-state index is 0.0345. The lowest BCUT2D eigenvalue weighted by atomic mass is 9.87. The lowest BCUT2D eigenvalue weighted by Crippen LogP contribution is -2.56. The van der Waals surface area contributed by atoms with E-state index in [1.165, 1.54) is 5.56 Å². The molecule has 5 rings (SSSR count). The third-order valence-corrected chi connectivity index (χ3v) is 22.8. The van der Waals surface area contributed by atoms with E-state index in [9.17, 15) is 0 Å². The average molecular weight is 797 g/mol. The van der Waals surface area contributed by atoms with E-state index in [4.69, 9.17) is 32.5 Å². The topological polar surface area (TPSA) is 64.6 Å². The molecule has 0 aliphatic carbocycles. The lowest BCUT2D eigenvalue weighted by molar-refractivity contribution is -0.273. The van der Waals surface area contributed by atoms with Crippen molar-refractivity contribution >= 4 is 16.6 Å². The maximum Gasteiger partial charge on any atom is 0.192 e. The van der Waals surface area contributed by atoms with Gasteiger partial charge in [0.05, 0.1) is 49.3 Å². The van der Waals surface area contributed by atoms with Gasteiger partial charge >= 0.3 is 0 Å². The second-order valence-corrected chi connectivity index (χ2v) is 29.8. The van der Waals surface area contributed by atoms with Crippen LogP contribution in [0.25, 0.3) is 0 Å². The van der Waals surface area contributed by atoms with Crippen molar-refractivity contribution in [3.8, 4) is 0 Å². The first-order chi connectivity index (χ1) is 25.7. The molecule has 310 valence electrons. The molecule has 3 heterocycles. The first-order valence-corrected chi connectivity index (χ1v) is 27.1. The largest absolute Gasteiger partial charge is 0.414 e. The van der Waals surface area contributed by atoms with Crippen LogP contribution >= 0.6 is 0 Å². The molecule has 10 atom stereocenters. The molecule has 0 radical (unpaired) electrons. The molecule has 2 aromatic carbocycles. The van der Waals surface area contributed by atoms with Gasteiger partial charge in [-0.3, -0.25) is 0 Å². The van der Waals surface area contributed by atoms with Crippen molar-refractivity contribution in [3.63, 3.8) is 0 Å². The van der Waals surface area contributed by atoms with Crippen molar-refractivity contribution < 1.29 is 32.5 Å². The Morgan fingerprint density at radius 2 is 1.45 bits per heavy atom. The average Bonchev–Trinajstić information content (AvgIpc) is 3.41. The first kappa shape index (κ1) is 44.7. The van der Waals surface area contributed by atoms with Crippen molar-refractivity contribution in [3.05, 3.63) is 71.8 Å². The van der Waals surface area contributed by atoms with Gasteiger partial charge in [-0.25, -0.2) is 0 Å². The third-order valence-electron chi connectivity index (χ3n) is 13.6. The number of benzene rings is 2. The highest BCUT2D eigenvalue weighted by Crippen LogP contribution is 2.47. The Morgan fingerprint density at radius 1 is 0.818 bits per heavy atom. The minimum atomic E-state index is -2.19. The molecule has 0 N–H and O–H groups in total. The van der Waals surface area contributed by atoms with E-state index in [0.29, 0.717) is 25.0 Å². The number of hydrogen-bond donors (Lipinski definition) is 0. The van der Waals surface area contributed by atoms with Crippen LogP contribution in [-0.4, -0.2) is 72.1 Å². The SMILES string of the molecule is C[C@@H]1C[C@@H](C[C@H](C[C@@H]2O[C@@H]3CO[C@@H](c4ccccc4)O[C@H]3CC[C@@]2(C)O[Si](C)(C)C(C)(C)C)O[Si](C)(C)C(C)(C)C)O[C@@H]1[C@@H](C)CCOCc1ccccc1. The molecule has 0 saturated carbocycles. The smallest absolute Gasteiger partial charge is 0.192 e. The Morgan fingerprint density at radius 3 is 2.09 bits per heavy atom. The molecule has 3 fully saturated rings. The summed E-state index contributed by atoms with van der Waals surface area (Å²) in [4.78, 5) is 0. The Labute approximate surface area is 337 Å². The van der Waals surface area contributed by atoms with E-state index >= 15 is 0 Å². The second kappa shape index (κ2) is 18.2. The molecule has 0 spiro atoms. The zero-order chi connectivity index (χ0) is 40.2. The van der Waals surface area contributed by atoms with Crippen LogP contribution in [0.15, 0.2) is 60.7 Å². The van der Waals surface area contributed by atoms with Gasteiger partial charge in [0.25, 0.3) is 0 Å². The molecule has 0 unspecified atom stereocenters. The molecule has 55 heavy (non-hydrogen) atoms. The fraction of sp³-hybridized carbons (Fsp3) is 0.739. The van der Waals surface area contributed by atoms with Crippen LogP contribution in [0, 0.1) is 11.8 Å². The predicted octanol–water partition coefficient (Wildman–Crippen LogP) is 11.6. The highest BCUT2D eigenvalue weighted by molar-refractivity contribution is 6.74. The van der Waals surface area contributed by atoms with Crippen molar-refractivity contribution in [1.82, 2.24) is 0 Å². The Kier molecular flexibility index (Phi) is 14.8. The highest BCUT2D eigenvalue weighted by Gasteiger charge is 2.52. The van der Waals surface area contributed by atoms with Gasteiger partial charge in [-0.05, 0) is 92.7 Å². The van der Waals surface area contributed by atoms with Crippen molar-refractivity contribution in [2.45, 2.75) is 192 Å². The van der Waals surface area contributed by atoms with Crippen LogP contribution in [0.1, 0.15) is 118 Å². The van der Waals surface area contributed by atoms with Gasteiger partial charge in [-0.2, -0.15) is 0 Å². The number of rotatable bonds is 15. The molecule has 2 aromatic rings. The third kappa shape index (κ3) is 11.6. The summed E-state index contributed by atoms with van der Waals surface area (Å²) in [5, 5.41) is 0.126. The van der Waals surface area contributed by atoms with E-state index in [-0.39, 0.29) is 46.7 Å². The Hall–Kier alpha value is -1.41. The zero-order valence-electron chi connectivity index (χ0n) is 36.7. The maximum atomic E-state index is 7.48. The van der Waals surface area contributed by atoms with E-state index in [0.717, 1.165) is 50.7 Å². The molecule has 0 aromatic heterocycles. The standard InChI is InChI=1S/C46H76O7Si2/c1-33(25-27-47-31-35-20-16-14-17-21-35)42-34(2)28-37(49-42)29-38(52-54(10,11)44(3,4)5)30-41-46(9,53-55(12,13)45(6,7)8)26-24-39-40(50-41)32-48-43(51-39)36-22-18-15-19-23-36/h14-23,33-34,37-43H,24-32H2,1-13H3/t33-,34+,37-,38+,39-,40+,41-,42+,43+,46+/m0/s1. The molecule has 0 bridgehead atoms. The summed E-state index contributed by atoms with van der Waals surface area (Å²) in [6, 6.07) is 20.7. The summed E-state index contributed by atoms with van der Waals surface area (Å²) < 4.78 is 48.3. The highest BCUT2D eigenvalue weighted by atomic mass is 28.4. The Balaban J connectivity index is 1.34. The normalized spacial score (nSPS) is 30.7. The van der Waals surface area contributed by atoms with Gasteiger partial charge in [0.15, 0.2) is 22.9 Å². The summed E-state index contributed by atoms with van der Waals surface area (Å²) in [5.74, 6) is 0.878. The van der Waals surface area contributed by atoms with Crippen LogP contribution < -0.4 is 0 Å². The number of fused-ring (bicyclic) bond motifs is 1. The van der Waals surface area contributed by atoms with Gasteiger partial charge in [0.1, 0.15) is 6.10 Å². The fourth-order valence-electron chi connectivity index (χ4n) is 8.17. The van der Waals surface area contributed by atoms with Crippen LogP contribution in [0.4, 0.5) is 0 Å². The van der Waals surface area contributed by atoms with Crippen molar-refractivity contribution in [2.24, 2.45) is 11.8 Å². The molecule has 9 heteroatoms. The van der Waals surface area contributed by atoms with Crippen LogP contribution in [0.3, 0.4) is 0 Å². The number of hydrogen-bond acceptors (Lipinski definition) is 7. The van der Waals surface area contributed by atoms with Crippen molar-refractivity contribution in [1.29, 1.82) is 0 Å². The van der Waals surface area contributed by atoms with Crippen LogP contribution in [0.2, 0.25) is 36.3 Å². The van der Waals surface area contributed by atoms with Crippen LogP contribution in [0.5, 0.6) is 0 Å². The molecule has 3 aliphatic rings. The van der Waals surface area contributed by atoms with Gasteiger partial charge in [-0.1, -0.05) is 116 Å². The number of ether oxygens (including phenoxy) is 5. The van der Waals surface area contributed by atoms with E-state index < -0.39 is 28.5 Å². The van der Waals surface area contributed by atoms with E-state index in [1.54, 1.807) is 0 Å². The molecular weight excluding hydrogens is 721 g/mol. The lowest BCUT2D eigenvalue weighted by Gasteiger charge is -2.48. The first-order valence-electron chi connectivity index (χ1n) is 21.3. The second-order valence-electron chi connectivity index (χ2n) is 20.3. The van der Waals surface area contributed by atoms with Gasteiger partial charge < -0.3 is 32.5 Å². The monoisotopic (exact) mass is 797 g/mol. The predicted molar refractivity (Wildman–Crippen MR) is 228 cm³/mol. The molecule has 3 aliphatic heterocycles. The van der Waals surface area contributed by atoms with Gasteiger partial charge in [-0.15, -0.1) is 0 Å². The molecule has 7 nitrogen and oxygen atoms in total. The molecular formula is C46H76O7Si2. The molecule has 3 saturated heterocycles. The van der Waals surface area contributed by atoms with Crippen LogP contribution in [-0.2, 0) is 39.1 Å². The maximum absolute atomic E-state index is 7.48.